The number of rotatable bonds is 8. The Balaban J connectivity index is 1.90. The molecule has 0 radical (unpaired) electrons. The first-order chi connectivity index (χ1) is 18.9. The highest BCUT2D eigenvalue weighted by molar-refractivity contribution is 7.86. The van der Waals surface area contributed by atoms with Crippen molar-refractivity contribution in [3.63, 3.8) is 0 Å². The van der Waals surface area contributed by atoms with E-state index >= 15 is 0 Å². The molecule has 0 unspecified atom stereocenters. The van der Waals surface area contributed by atoms with Gasteiger partial charge in [-0.05, 0) is 40.9 Å². The zero-order valence-corrected chi connectivity index (χ0v) is 25.8. The second-order valence-corrected chi connectivity index (χ2v) is 14.0. The zero-order chi connectivity index (χ0) is 30.8. The van der Waals surface area contributed by atoms with E-state index in [-0.39, 0.29) is 45.8 Å². The molecule has 0 atom stereocenters. The van der Waals surface area contributed by atoms with Crippen molar-refractivity contribution in [1.82, 2.24) is 0 Å². The van der Waals surface area contributed by atoms with E-state index in [1.165, 1.54) is 12.1 Å². The Kier molecular flexibility index (Phi) is 9.55. The third kappa shape index (κ3) is 8.30. The summed E-state index contributed by atoms with van der Waals surface area (Å²) in [6.45, 7) is 16.3. The fourth-order valence-electron chi connectivity index (χ4n) is 4.38. The molecule has 0 amide bonds. The molecular weight excluding hydrogens is 544 g/mol. The largest absolute Gasteiger partial charge is 0.513 e. The summed E-state index contributed by atoms with van der Waals surface area (Å²) >= 11 is 0. The summed E-state index contributed by atoms with van der Waals surface area (Å²) in [6.07, 6.45) is -0.333. The van der Waals surface area contributed by atoms with Gasteiger partial charge in [0.05, 0.1) is 6.61 Å². The van der Waals surface area contributed by atoms with Crippen LogP contribution in [0.4, 0.5) is 4.79 Å². The van der Waals surface area contributed by atoms with Gasteiger partial charge in [0.2, 0.25) is 0 Å². The fourth-order valence-corrected chi connectivity index (χ4v) is 5.08. The van der Waals surface area contributed by atoms with Crippen LogP contribution in [-0.2, 0) is 36.9 Å². The Bertz CT molecular complexity index is 1510. The van der Waals surface area contributed by atoms with E-state index < -0.39 is 22.2 Å². The molecule has 0 aromatic heterocycles. The predicted octanol–water partition coefficient (Wildman–Crippen LogP) is 7.39. The molecule has 0 saturated heterocycles. The summed E-state index contributed by atoms with van der Waals surface area (Å²) < 4.78 is 49.9. The van der Waals surface area contributed by atoms with Crippen molar-refractivity contribution in [2.45, 2.75) is 84.0 Å². The number of esters is 1. The van der Waals surface area contributed by atoms with Crippen molar-refractivity contribution in [2.75, 3.05) is 6.61 Å². The summed E-state index contributed by atoms with van der Waals surface area (Å²) in [6, 6.07) is 13.0. The van der Waals surface area contributed by atoms with Crippen molar-refractivity contribution in [2.24, 2.45) is 5.92 Å². The third-order valence-corrected chi connectivity index (χ3v) is 7.36. The first-order valence-corrected chi connectivity index (χ1v) is 15.0. The summed E-state index contributed by atoms with van der Waals surface area (Å²) in [5.41, 5.74) is 1.77. The molecule has 0 fully saturated rings. The van der Waals surface area contributed by atoms with Crippen molar-refractivity contribution in [3.8, 4) is 11.5 Å². The fraction of sp³-hybridized carbons (Fsp3) is 0.438. The summed E-state index contributed by atoms with van der Waals surface area (Å²) in [5.74, 6) is 0.345. The van der Waals surface area contributed by atoms with Crippen LogP contribution in [0.5, 0.6) is 11.5 Å². The number of hydrogen-bond acceptors (Lipinski definition) is 7. The van der Waals surface area contributed by atoms with E-state index in [1.807, 2.05) is 67.5 Å². The van der Waals surface area contributed by atoms with Crippen molar-refractivity contribution in [1.29, 1.82) is 0 Å². The van der Waals surface area contributed by atoms with Crippen LogP contribution in [0.15, 0.2) is 53.4 Å². The number of fused-ring (bicyclic) bond motifs is 1. The van der Waals surface area contributed by atoms with Crippen molar-refractivity contribution < 1.29 is 36.8 Å². The van der Waals surface area contributed by atoms with E-state index in [2.05, 4.69) is 0 Å². The molecule has 3 aromatic carbocycles. The maximum atomic E-state index is 12.9. The number of benzene rings is 3. The minimum absolute atomic E-state index is 0.0537. The van der Waals surface area contributed by atoms with Gasteiger partial charge >= 0.3 is 12.1 Å². The molecule has 0 bridgehead atoms. The van der Waals surface area contributed by atoms with Crippen LogP contribution in [0.2, 0.25) is 0 Å². The first kappa shape index (κ1) is 32.1. The Labute approximate surface area is 242 Å². The Hall–Kier alpha value is -3.43. The molecule has 0 aliphatic heterocycles. The zero-order valence-electron chi connectivity index (χ0n) is 25.0. The van der Waals surface area contributed by atoms with Crippen LogP contribution >= 0.6 is 0 Å². The summed E-state index contributed by atoms with van der Waals surface area (Å²) in [4.78, 5) is 25.2. The van der Waals surface area contributed by atoms with Crippen LogP contribution in [0.3, 0.4) is 0 Å². The smallest absolute Gasteiger partial charge is 0.434 e. The first-order valence-electron chi connectivity index (χ1n) is 13.6. The second kappa shape index (κ2) is 12.2. The van der Waals surface area contributed by atoms with Gasteiger partial charge in [-0.3, -0.25) is 9.35 Å². The van der Waals surface area contributed by atoms with Gasteiger partial charge < -0.3 is 14.2 Å². The lowest BCUT2D eigenvalue weighted by molar-refractivity contribution is -0.134. The van der Waals surface area contributed by atoms with Gasteiger partial charge in [-0.1, -0.05) is 91.8 Å². The molecular formula is C32H40O8S. The molecule has 0 heterocycles. The Morgan fingerprint density at radius 3 is 1.93 bits per heavy atom. The van der Waals surface area contributed by atoms with E-state index in [0.717, 1.165) is 16.7 Å². The minimum atomic E-state index is -4.45. The molecule has 41 heavy (non-hydrogen) atoms. The standard InChI is InChI=1S/C32H40O8S/c1-20(2)19-38-30(34)40-29-24(31(3,4)5)17-21(18-25(29)32(6,7)8)13-16-28(33)39-26-14-15-27(41(35,36)37)23-12-10-9-11-22(23)26/h9-12,14-15,17-18,20H,13,16,19H2,1-8H3,(H,35,36,37). The quantitative estimate of drug-likeness (QED) is 0.126. The van der Waals surface area contributed by atoms with E-state index in [9.17, 15) is 22.6 Å². The van der Waals surface area contributed by atoms with E-state index in [4.69, 9.17) is 14.2 Å². The molecule has 222 valence electrons. The molecule has 0 spiro atoms. The summed E-state index contributed by atoms with van der Waals surface area (Å²) in [7, 11) is -4.45. The van der Waals surface area contributed by atoms with Crippen LogP contribution < -0.4 is 9.47 Å². The van der Waals surface area contributed by atoms with Crippen LogP contribution in [0.1, 0.15) is 78.5 Å². The average Bonchev–Trinajstić information content (AvgIpc) is 2.84. The lowest BCUT2D eigenvalue weighted by atomic mass is 9.78. The molecule has 1 N–H and O–H groups in total. The molecule has 0 aliphatic carbocycles. The monoisotopic (exact) mass is 584 g/mol. The summed E-state index contributed by atoms with van der Waals surface area (Å²) in [5, 5.41) is 0.652. The number of ether oxygens (including phenoxy) is 3. The minimum Gasteiger partial charge on any atom is -0.434 e. The lowest BCUT2D eigenvalue weighted by Crippen LogP contribution is -2.23. The van der Waals surface area contributed by atoms with Gasteiger partial charge in [-0.25, -0.2) is 4.79 Å². The topological polar surface area (TPSA) is 116 Å². The predicted molar refractivity (Wildman–Crippen MR) is 158 cm³/mol. The molecule has 0 aliphatic rings. The van der Waals surface area contributed by atoms with E-state index in [0.29, 0.717) is 17.6 Å². The van der Waals surface area contributed by atoms with E-state index in [1.54, 1.807) is 24.3 Å². The molecule has 3 rings (SSSR count). The Morgan fingerprint density at radius 2 is 1.41 bits per heavy atom. The number of carbonyl (C=O) groups is 2. The molecule has 0 saturated carbocycles. The highest BCUT2D eigenvalue weighted by Gasteiger charge is 2.30. The number of hydrogen-bond donors (Lipinski definition) is 1. The average molecular weight is 585 g/mol. The molecule has 9 heteroatoms. The molecule has 8 nitrogen and oxygen atoms in total. The highest BCUT2D eigenvalue weighted by Crippen LogP contribution is 2.41. The van der Waals surface area contributed by atoms with Crippen LogP contribution in [-0.4, -0.2) is 31.7 Å². The van der Waals surface area contributed by atoms with Gasteiger partial charge in [-0.2, -0.15) is 8.42 Å². The van der Waals surface area contributed by atoms with Crippen molar-refractivity contribution >= 4 is 33.0 Å². The van der Waals surface area contributed by atoms with Crippen LogP contribution in [0.25, 0.3) is 10.8 Å². The normalized spacial score (nSPS) is 12.4. The SMILES string of the molecule is CC(C)COC(=O)Oc1c(C(C)(C)C)cc(CCC(=O)Oc2ccc(S(=O)(=O)O)c3ccccc23)cc1C(C)(C)C. The van der Waals surface area contributed by atoms with Gasteiger partial charge in [0.25, 0.3) is 10.1 Å². The molecule has 3 aromatic rings. The maximum absolute atomic E-state index is 12.9. The second-order valence-electron chi connectivity index (χ2n) is 12.6. The van der Waals surface area contributed by atoms with Gasteiger partial charge in [0.15, 0.2) is 0 Å². The maximum Gasteiger partial charge on any atom is 0.513 e. The van der Waals surface area contributed by atoms with Gasteiger partial charge in [0, 0.05) is 28.3 Å². The van der Waals surface area contributed by atoms with Crippen LogP contribution in [0, 0.1) is 5.92 Å². The number of carbonyl (C=O) groups excluding carboxylic acids is 2. The van der Waals surface area contributed by atoms with Crippen molar-refractivity contribution in [3.05, 3.63) is 65.2 Å². The third-order valence-electron chi connectivity index (χ3n) is 6.45. The van der Waals surface area contributed by atoms with Gasteiger partial charge in [-0.15, -0.1) is 0 Å². The van der Waals surface area contributed by atoms with Gasteiger partial charge in [0.1, 0.15) is 16.4 Å². The highest BCUT2D eigenvalue weighted by atomic mass is 32.2. The lowest BCUT2D eigenvalue weighted by Gasteiger charge is -2.30. The Morgan fingerprint density at radius 1 is 0.854 bits per heavy atom. The number of aryl methyl sites for hydroxylation is 1.